The Bertz CT molecular complexity index is 635. The number of nitrogens with one attached hydrogen (secondary N) is 2. The lowest BCUT2D eigenvalue weighted by Crippen LogP contribution is -2.51. The monoisotopic (exact) mass is 373 g/mol. The molecule has 1 aromatic carbocycles. The van der Waals surface area contributed by atoms with Crippen molar-refractivity contribution < 1.29 is 14.3 Å². The summed E-state index contributed by atoms with van der Waals surface area (Å²) in [4.78, 5) is 26.9. The van der Waals surface area contributed by atoms with Gasteiger partial charge in [0.05, 0.1) is 12.2 Å². The molecule has 2 aliphatic rings. The Balaban J connectivity index is 1.47. The van der Waals surface area contributed by atoms with Crippen LogP contribution >= 0.6 is 0 Å². The van der Waals surface area contributed by atoms with Gasteiger partial charge in [0, 0.05) is 25.2 Å². The predicted octanol–water partition coefficient (Wildman–Crippen LogP) is 3.32. The third kappa shape index (κ3) is 5.37. The molecule has 148 valence electrons. The summed E-state index contributed by atoms with van der Waals surface area (Å²) in [7, 11) is 0. The number of carbonyl (C=O) groups excluding carboxylic acids is 2. The number of ether oxygens (including phenoxy) is 1. The van der Waals surface area contributed by atoms with Crippen molar-refractivity contribution in [1.29, 1.82) is 0 Å². The minimum absolute atomic E-state index is 0.00385. The van der Waals surface area contributed by atoms with Crippen LogP contribution in [0.2, 0.25) is 0 Å². The van der Waals surface area contributed by atoms with Gasteiger partial charge in [-0.3, -0.25) is 4.79 Å². The Morgan fingerprint density at radius 1 is 1.00 bits per heavy atom. The predicted molar refractivity (Wildman–Crippen MR) is 105 cm³/mol. The third-order valence-corrected chi connectivity index (χ3v) is 5.48. The lowest BCUT2D eigenvalue weighted by Gasteiger charge is -2.33. The summed E-state index contributed by atoms with van der Waals surface area (Å²) >= 11 is 0. The molecule has 1 saturated heterocycles. The van der Waals surface area contributed by atoms with Crippen LogP contribution in [0.25, 0.3) is 0 Å². The smallest absolute Gasteiger partial charge is 0.315 e. The number of amides is 3. The molecule has 0 atom stereocenters. The number of likely N-dealkylation sites (tertiary alicyclic amines) is 1. The fourth-order valence-electron chi connectivity index (χ4n) is 3.98. The van der Waals surface area contributed by atoms with Crippen molar-refractivity contribution >= 4 is 11.9 Å². The lowest BCUT2D eigenvalue weighted by molar-refractivity contribution is 0.0704. The maximum Gasteiger partial charge on any atom is 0.315 e. The van der Waals surface area contributed by atoms with Gasteiger partial charge in [-0.1, -0.05) is 31.4 Å². The molecule has 27 heavy (non-hydrogen) atoms. The average molecular weight is 373 g/mol. The van der Waals surface area contributed by atoms with Crippen LogP contribution in [0.1, 0.15) is 62.2 Å². The molecule has 1 heterocycles. The SMILES string of the molecule is CCOc1ccccc1C(=O)N1CCC(NC(=O)NC2CCCCC2)CC1. The van der Waals surface area contributed by atoms with E-state index in [1.165, 1.54) is 19.3 Å². The zero-order chi connectivity index (χ0) is 19.1. The van der Waals surface area contributed by atoms with Gasteiger partial charge in [0.1, 0.15) is 5.75 Å². The second kappa shape index (κ2) is 9.62. The minimum Gasteiger partial charge on any atom is -0.493 e. The second-order valence-corrected chi connectivity index (χ2v) is 7.45. The molecule has 3 rings (SSSR count). The molecule has 2 N–H and O–H groups in total. The number of para-hydroxylation sites is 1. The van der Waals surface area contributed by atoms with Crippen LogP contribution in [-0.4, -0.2) is 48.6 Å². The lowest BCUT2D eigenvalue weighted by atomic mass is 9.96. The Kier molecular flexibility index (Phi) is 6.96. The van der Waals surface area contributed by atoms with Crippen molar-refractivity contribution in [3.63, 3.8) is 0 Å². The van der Waals surface area contributed by atoms with Crippen molar-refractivity contribution in [2.24, 2.45) is 0 Å². The Hall–Kier alpha value is -2.24. The van der Waals surface area contributed by atoms with Gasteiger partial charge in [0.2, 0.25) is 0 Å². The zero-order valence-corrected chi connectivity index (χ0v) is 16.2. The number of rotatable bonds is 5. The van der Waals surface area contributed by atoms with Gasteiger partial charge < -0.3 is 20.3 Å². The van der Waals surface area contributed by atoms with Crippen LogP contribution in [0.3, 0.4) is 0 Å². The van der Waals surface area contributed by atoms with E-state index in [-0.39, 0.29) is 18.0 Å². The normalized spacial score (nSPS) is 18.8. The van der Waals surface area contributed by atoms with Gasteiger partial charge in [-0.2, -0.15) is 0 Å². The van der Waals surface area contributed by atoms with Crippen LogP contribution in [0.15, 0.2) is 24.3 Å². The van der Waals surface area contributed by atoms with Crippen molar-refractivity contribution in [3.05, 3.63) is 29.8 Å². The Morgan fingerprint density at radius 3 is 2.30 bits per heavy atom. The van der Waals surface area contributed by atoms with Gasteiger partial charge in [-0.15, -0.1) is 0 Å². The van der Waals surface area contributed by atoms with Gasteiger partial charge in [0.25, 0.3) is 5.91 Å². The van der Waals surface area contributed by atoms with Gasteiger partial charge in [-0.25, -0.2) is 4.79 Å². The molecule has 0 unspecified atom stereocenters. The molecule has 1 aliphatic carbocycles. The topological polar surface area (TPSA) is 70.7 Å². The van der Waals surface area contributed by atoms with E-state index in [2.05, 4.69) is 10.6 Å². The highest BCUT2D eigenvalue weighted by molar-refractivity contribution is 5.97. The van der Waals surface area contributed by atoms with E-state index in [9.17, 15) is 9.59 Å². The minimum atomic E-state index is -0.0617. The molecule has 6 nitrogen and oxygen atoms in total. The quantitative estimate of drug-likeness (QED) is 0.832. The van der Waals surface area contributed by atoms with Crippen molar-refractivity contribution in [1.82, 2.24) is 15.5 Å². The van der Waals surface area contributed by atoms with Crippen LogP contribution in [0.5, 0.6) is 5.75 Å². The highest BCUT2D eigenvalue weighted by Gasteiger charge is 2.26. The summed E-state index contributed by atoms with van der Waals surface area (Å²) in [6.45, 7) is 3.74. The van der Waals surface area contributed by atoms with E-state index >= 15 is 0 Å². The Morgan fingerprint density at radius 2 is 1.63 bits per heavy atom. The van der Waals surface area contributed by atoms with E-state index in [0.29, 0.717) is 37.1 Å². The van der Waals surface area contributed by atoms with E-state index in [1.54, 1.807) is 0 Å². The first-order valence-corrected chi connectivity index (χ1v) is 10.3. The number of piperidine rings is 1. The van der Waals surface area contributed by atoms with E-state index in [0.717, 1.165) is 25.7 Å². The van der Waals surface area contributed by atoms with E-state index in [1.807, 2.05) is 36.1 Å². The van der Waals surface area contributed by atoms with Gasteiger partial charge in [0.15, 0.2) is 0 Å². The Labute approximate surface area is 161 Å². The van der Waals surface area contributed by atoms with Crippen LogP contribution in [0, 0.1) is 0 Å². The maximum atomic E-state index is 12.8. The molecular weight excluding hydrogens is 342 g/mol. The highest BCUT2D eigenvalue weighted by atomic mass is 16.5. The highest BCUT2D eigenvalue weighted by Crippen LogP contribution is 2.22. The van der Waals surface area contributed by atoms with Gasteiger partial charge in [-0.05, 0) is 44.7 Å². The number of hydrogen-bond acceptors (Lipinski definition) is 3. The molecule has 0 aromatic heterocycles. The molecule has 6 heteroatoms. The van der Waals surface area contributed by atoms with Crippen molar-refractivity contribution in [2.75, 3.05) is 19.7 Å². The molecule has 1 aromatic rings. The number of benzene rings is 1. The number of nitrogens with zero attached hydrogens (tertiary/aromatic N) is 1. The van der Waals surface area contributed by atoms with Crippen LogP contribution < -0.4 is 15.4 Å². The molecular formula is C21H31N3O3. The summed E-state index contributed by atoms with van der Waals surface area (Å²) in [5.74, 6) is 0.640. The number of carbonyl (C=O) groups is 2. The number of urea groups is 1. The fourth-order valence-corrected chi connectivity index (χ4v) is 3.98. The molecule has 0 spiro atoms. The first-order chi connectivity index (χ1) is 13.2. The molecule has 2 fully saturated rings. The maximum absolute atomic E-state index is 12.8. The fraction of sp³-hybridized carbons (Fsp3) is 0.619. The largest absolute Gasteiger partial charge is 0.493 e. The molecule has 3 amide bonds. The van der Waals surface area contributed by atoms with Crippen molar-refractivity contribution in [3.8, 4) is 5.75 Å². The van der Waals surface area contributed by atoms with Crippen molar-refractivity contribution in [2.45, 2.75) is 64.0 Å². The summed E-state index contributed by atoms with van der Waals surface area (Å²) < 4.78 is 5.58. The standard InChI is InChI=1S/C21H31N3O3/c1-2-27-19-11-7-6-10-18(19)20(25)24-14-12-17(13-15-24)23-21(26)22-16-8-4-3-5-9-16/h6-7,10-11,16-17H,2-5,8-9,12-15H2,1H3,(H2,22,23,26). The van der Waals surface area contributed by atoms with E-state index < -0.39 is 0 Å². The summed E-state index contributed by atoms with van der Waals surface area (Å²) in [5.41, 5.74) is 0.612. The summed E-state index contributed by atoms with van der Waals surface area (Å²) in [6.07, 6.45) is 7.41. The summed E-state index contributed by atoms with van der Waals surface area (Å²) in [6, 6.07) is 7.77. The molecule has 0 radical (unpaired) electrons. The molecule has 1 aliphatic heterocycles. The summed E-state index contributed by atoms with van der Waals surface area (Å²) in [5, 5.41) is 6.18. The zero-order valence-electron chi connectivity index (χ0n) is 16.2. The number of hydrogen-bond donors (Lipinski definition) is 2. The molecule has 0 bridgehead atoms. The van der Waals surface area contributed by atoms with Crippen LogP contribution in [-0.2, 0) is 0 Å². The van der Waals surface area contributed by atoms with Gasteiger partial charge >= 0.3 is 6.03 Å². The first-order valence-electron chi connectivity index (χ1n) is 10.3. The van der Waals surface area contributed by atoms with Crippen LogP contribution in [0.4, 0.5) is 4.79 Å². The second-order valence-electron chi connectivity index (χ2n) is 7.45. The third-order valence-electron chi connectivity index (χ3n) is 5.48. The molecule has 1 saturated carbocycles. The first kappa shape index (κ1) is 19.5. The van der Waals surface area contributed by atoms with E-state index in [4.69, 9.17) is 4.74 Å². The average Bonchev–Trinajstić information content (AvgIpc) is 2.69.